The predicted octanol–water partition coefficient (Wildman–Crippen LogP) is 2.66. The number of hydrogen-bond donors (Lipinski definition) is 0. The molecule has 0 fully saturated rings. The minimum atomic E-state index is -3.28. The van der Waals surface area contributed by atoms with Gasteiger partial charge in [-0.1, -0.05) is 17.8 Å². The molecule has 0 unspecified atom stereocenters. The van der Waals surface area contributed by atoms with Gasteiger partial charge in [0.1, 0.15) is 0 Å². The number of aryl methyl sites for hydroxylation is 3. The second kappa shape index (κ2) is 4.63. The molecule has 1 aromatic carbocycles. The molecule has 0 spiro atoms. The molecule has 0 saturated carbocycles. The summed E-state index contributed by atoms with van der Waals surface area (Å²) in [6, 6.07) is 4.34. The molecule has 20 heavy (non-hydrogen) atoms. The van der Waals surface area contributed by atoms with Crippen molar-refractivity contribution < 1.29 is 8.42 Å². The third kappa shape index (κ3) is 2.27. The second-order valence-electron chi connectivity index (χ2n) is 5.18. The molecule has 0 saturated heterocycles. The maximum Gasteiger partial charge on any atom is 0.257 e. The van der Waals surface area contributed by atoms with Gasteiger partial charge >= 0.3 is 0 Å². The van der Waals surface area contributed by atoms with E-state index >= 15 is 0 Å². The quantitative estimate of drug-likeness (QED) is 0.800. The van der Waals surface area contributed by atoms with E-state index in [1.807, 2.05) is 10.3 Å². The fourth-order valence-corrected chi connectivity index (χ4v) is 4.58. The molecule has 106 valence electrons. The molecule has 2 aliphatic heterocycles. The first-order valence-corrected chi connectivity index (χ1v) is 8.91. The SMILES string of the molecule is Cc1cc(C)c(C2=CSC3=NS(=O)(=O)CCN23)cc1C. The Bertz CT molecular complexity index is 749. The second-order valence-corrected chi connectivity index (χ2v) is 7.78. The lowest BCUT2D eigenvalue weighted by Crippen LogP contribution is -2.34. The van der Waals surface area contributed by atoms with Gasteiger partial charge in [-0.15, -0.1) is 4.40 Å². The summed E-state index contributed by atoms with van der Waals surface area (Å²) in [5.41, 5.74) is 5.93. The van der Waals surface area contributed by atoms with E-state index in [1.54, 1.807) is 0 Å². The molecular formula is C14H16N2O2S2. The Morgan fingerprint density at radius 1 is 1.15 bits per heavy atom. The Morgan fingerprint density at radius 3 is 2.60 bits per heavy atom. The Hall–Kier alpha value is -1.27. The van der Waals surface area contributed by atoms with Crippen molar-refractivity contribution in [2.24, 2.45) is 4.40 Å². The number of sulfonamides is 1. The summed E-state index contributed by atoms with van der Waals surface area (Å²) in [7, 11) is -3.28. The fourth-order valence-electron chi connectivity index (χ4n) is 2.44. The van der Waals surface area contributed by atoms with E-state index in [1.165, 1.54) is 28.5 Å². The molecule has 0 bridgehead atoms. The van der Waals surface area contributed by atoms with Crippen LogP contribution in [-0.2, 0) is 10.0 Å². The summed E-state index contributed by atoms with van der Waals surface area (Å²) in [5, 5.41) is 2.57. The molecule has 2 heterocycles. The summed E-state index contributed by atoms with van der Waals surface area (Å²) in [6.07, 6.45) is 0. The highest BCUT2D eigenvalue weighted by Crippen LogP contribution is 2.37. The molecule has 0 N–H and O–H groups in total. The lowest BCUT2D eigenvalue weighted by Gasteiger charge is -2.26. The minimum Gasteiger partial charge on any atom is -0.318 e. The minimum absolute atomic E-state index is 0.0816. The summed E-state index contributed by atoms with van der Waals surface area (Å²) in [5.74, 6) is 0.0816. The third-order valence-corrected chi connectivity index (χ3v) is 5.83. The zero-order chi connectivity index (χ0) is 14.5. The lowest BCUT2D eigenvalue weighted by atomic mass is 9.99. The average Bonchev–Trinajstić information content (AvgIpc) is 2.75. The summed E-state index contributed by atoms with van der Waals surface area (Å²) >= 11 is 1.39. The summed E-state index contributed by atoms with van der Waals surface area (Å²) in [4.78, 5) is 2.00. The van der Waals surface area contributed by atoms with Crippen LogP contribution in [0.4, 0.5) is 0 Å². The van der Waals surface area contributed by atoms with Crippen LogP contribution in [0.1, 0.15) is 22.3 Å². The maximum atomic E-state index is 11.6. The number of amidine groups is 1. The van der Waals surface area contributed by atoms with Gasteiger partial charge in [0.25, 0.3) is 10.0 Å². The topological polar surface area (TPSA) is 49.7 Å². The smallest absolute Gasteiger partial charge is 0.257 e. The first kappa shape index (κ1) is 13.7. The number of nitrogens with zero attached hydrogens (tertiary/aromatic N) is 2. The van der Waals surface area contributed by atoms with E-state index in [0.717, 1.165) is 11.3 Å². The average molecular weight is 308 g/mol. The van der Waals surface area contributed by atoms with Gasteiger partial charge < -0.3 is 4.90 Å². The molecule has 6 heteroatoms. The van der Waals surface area contributed by atoms with E-state index in [0.29, 0.717) is 11.7 Å². The van der Waals surface area contributed by atoms with Crippen molar-refractivity contribution in [2.75, 3.05) is 12.3 Å². The number of rotatable bonds is 1. The van der Waals surface area contributed by atoms with Gasteiger partial charge in [-0.05, 0) is 43.5 Å². The molecule has 3 rings (SSSR count). The van der Waals surface area contributed by atoms with E-state index in [4.69, 9.17) is 0 Å². The number of thioether (sulfide) groups is 1. The van der Waals surface area contributed by atoms with Crippen LogP contribution in [0.3, 0.4) is 0 Å². The van der Waals surface area contributed by atoms with Gasteiger partial charge in [0, 0.05) is 17.5 Å². The van der Waals surface area contributed by atoms with Crippen LogP contribution < -0.4 is 0 Å². The van der Waals surface area contributed by atoms with Crippen molar-refractivity contribution in [3.8, 4) is 0 Å². The molecule has 1 aromatic rings. The van der Waals surface area contributed by atoms with Crippen molar-refractivity contribution in [1.82, 2.24) is 4.90 Å². The van der Waals surface area contributed by atoms with Gasteiger partial charge in [0.2, 0.25) is 0 Å². The Morgan fingerprint density at radius 2 is 1.85 bits per heavy atom. The first-order valence-electron chi connectivity index (χ1n) is 6.42. The highest BCUT2D eigenvalue weighted by Gasteiger charge is 2.31. The molecule has 0 aromatic heterocycles. The largest absolute Gasteiger partial charge is 0.318 e. The number of hydrogen-bond acceptors (Lipinski definition) is 4. The summed E-state index contributed by atoms with van der Waals surface area (Å²) in [6.45, 7) is 6.76. The van der Waals surface area contributed by atoms with E-state index < -0.39 is 10.0 Å². The van der Waals surface area contributed by atoms with Gasteiger partial charge in [0.15, 0.2) is 5.17 Å². The van der Waals surface area contributed by atoms with Crippen LogP contribution in [0, 0.1) is 20.8 Å². The van der Waals surface area contributed by atoms with Gasteiger partial charge in [-0.2, -0.15) is 0 Å². The van der Waals surface area contributed by atoms with Crippen molar-refractivity contribution >= 4 is 32.6 Å². The standard InChI is InChI=1S/C14H16N2O2S2/c1-9-6-11(3)12(7-10(9)2)13-8-19-14-15-20(17,18)5-4-16(13)14/h6-8H,4-5H2,1-3H3. The fraction of sp³-hybridized carbons (Fsp3) is 0.357. The lowest BCUT2D eigenvalue weighted by molar-refractivity contribution is 0.566. The first-order chi connectivity index (χ1) is 9.37. The van der Waals surface area contributed by atoms with E-state index in [-0.39, 0.29) is 5.75 Å². The van der Waals surface area contributed by atoms with Gasteiger partial charge in [-0.3, -0.25) is 0 Å². The number of benzene rings is 1. The Kier molecular flexibility index (Phi) is 3.17. The normalized spacial score (nSPS) is 20.4. The molecule has 0 aliphatic carbocycles. The van der Waals surface area contributed by atoms with Crippen molar-refractivity contribution in [3.05, 3.63) is 39.8 Å². The Labute approximate surface area is 123 Å². The highest BCUT2D eigenvalue weighted by atomic mass is 32.2. The Balaban J connectivity index is 2.04. The van der Waals surface area contributed by atoms with Crippen LogP contribution in [-0.4, -0.2) is 30.8 Å². The van der Waals surface area contributed by atoms with E-state index in [9.17, 15) is 8.42 Å². The van der Waals surface area contributed by atoms with Crippen LogP contribution in [0.25, 0.3) is 5.70 Å². The molecular weight excluding hydrogens is 292 g/mol. The van der Waals surface area contributed by atoms with Gasteiger partial charge in [0.05, 0.1) is 11.4 Å². The molecule has 0 amide bonds. The van der Waals surface area contributed by atoms with Crippen LogP contribution >= 0.6 is 11.8 Å². The maximum absolute atomic E-state index is 11.6. The molecule has 0 radical (unpaired) electrons. The zero-order valence-corrected chi connectivity index (χ0v) is 13.3. The summed E-state index contributed by atoms with van der Waals surface area (Å²) < 4.78 is 27.0. The van der Waals surface area contributed by atoms with Crippen molar-refractivity contribution in [2.45, 2.75) is 20.8 Å². The van der Waals surface area contributed by atoms with Crippen LogP contribution in [0.2, 0.25) is 0 Å². The zero-order valence-electron chi connectivity index (χ0n) is 11.7. The monoisotopic (exact) mass is 308 g/mol. The van der Waals surface area contributed by atoms with Gasteiger partial charge in [-0.25, -0.2) is 8.42 Å². The molecule has 2 aliphatic rings. The van der Waals surface area contributed by atoms with E-state index in [2.05, 4.69) is 37.3 Å². The molecule has 0 atom stereocenters. The third-order valence-electron chi connectivity index (χ3n) is 3.70. The molecule has 4 nitrogen and oxygen atoms in total. The highest BCUT2D eigenvalue weighted by molar-refractivity contribution is 8.17. The number of fused-ring (bicyclic) bond motifs is 1. The van der Waals surface area contributed by atoms with Crippen molar-refractivity contribution in [1.29, 1.82) is 0 Å². The van der Waals surface area contributed by atoms with Crippen LogP contribution in [0.15, 0.2) is 21.9 Å². The van der Waals surface area contributed by atoms with Crippen LogP contribution in [0.5, 0.6) is 0 Å². The predicted molar refractivity (Wildman–Crippen MR) is 84.1 cm³/mol. The van der Waals surface area contributed by atoms with Crippen molar-refractivity contribution in [3.63, 3.8) is 0 Å².